The van der Waals surface area contributed by atoms with E-state index in [-0.39, 0.29) is 5.92 Å². The van der Waals surface area contributed by atoms with Gasteiger partial charge in [0.05, 0.1) is 0 Å². The Bertz CT molecular complexity index is 863. The summed E-state index contributed by atoms with van der Waals surface area (Å²) < 4.78 is 0. The van der Waals surface area contributed by atoms with Crippen LogP contribution in [0.5, 0.6) is 0 Å². The molecule has 2 fully saturated rings. The number of carbonyl (C=O) groups excluding carboxylic acids is 1. The molecule has 4 nitrogen and oxygen atoms in total. The Hall–Kier alpha value is -2.43. The molecule has 2 saturated heterocycles. The first-order valence-corrected chi connectivity index (χ1v) is 11.7. The Kier molecular flexibility index (Phi) is 7.55. The number of carbonyl (C=O) groups is 1. The molecule has 0 aromatic heterocycles. The Morgan fingerprint density at radius 3 is 2.35 bits per heavy atom. The molecule has 164 valence electrons. The van der Waals surface area contributed by atoms with Gasteiger partial charge >= 0.3 is 0 Å². The zero-order valence-electron chi connectivity index (χ0n) is 18.7. The van der Waals surface area contributed by atoms with Crippen LogP contribution in [0.3, 0.4) is 0 Å². The van der Waals surface area contributed by atoms with Crippen molar-refractivity contribution in [3.8, 4) is 0 Å². The molecule has 0 atom stereocenters. The van der Waals surface area contributed by atoms with Crippen molar-refractivity contribution in [1.29, 1.82) is 0 Å². The molecular formula is C27H35N3O. The topological polar surface area (TPSA) is 26.8 Å². The van der Waals surface area contributed by atoms with Crippen LogP contribution in [-0.2, 0) is 11.3 Å². The van der Waals surface area contributed by atoms with Gasteiger partial charge < -0.3 is 4.90 Å². The average molecular weight is 418 g/mol. The fourth-order valence-corrected chi connectivity index (χ4v) is 4.72. The monoisotopic (exact) mass is 417 g/mol. The van der Waals surface area contributed by atoms with Crippen LogP contribution in [0, 0.1) is 12.8 Å². The molecule has 1 amide bonds. The van der Waals surface area contributed by atoms with Crippen LogP contribution in [-0.4, -0.2) is 66.4 Å². The highest BCUT2D eigenvalue weighted by Crippen LogP contribution is 2.22. The maximum Gasteiger partial charge on any atom is 0.225 e. The maximum atomic E-state index is 13.0. The van der Waals surface area contributed by atoms with Gasteiger partial charge in [-0.05, 0) is 44.0 Å². The maximum absolute atomic E-state index is 13.0. The molecule has 2 heterocycles. The average Bonchev–Trinajstić information content (AvgIpc) is 2.80. The number of amides is 1. The number of benzene rings is 2. The standard InChI is InChI=1S/C27H35N3O/c1-23-7-5-10-25(21-23)22-29-15-12-26(13-16-29)27(31)30-19-17-28(18-20-30)14-6-11-24-8-3-2-4-9-24/h2-11,21,26H,12-20,22H2,1H3/b11-6+. The predicted molar refractivity (Wildman–Crippen MR) is 128 cm³/mol. The van der Waals surface area contributed by atoms with Crippen LogP contribution < -0.4 is 0 Å². The van der Waals surface area contributed by atoms with E-state index in [0.29, 0.717) is 5.91 Å². The second-order valence-corrected chi connectivity index (χ2v) is 8.98. The third-order valence-corrected chi connectivity index (χ3v) is 6.58. The Morgan fingerprint density at radius 1 is 0.903 bits per heavy atom. The molecule has 2 aromatic carbocycles. The fraction of sp³-hybridized carbons (Fsp3) is 0.444. The summed E-state index contributed by atoms with van der Waals surface area (Å²) in [5, 5.41) is 0. The lowest BCUT2D eigenvalue weighted by Crippen LogP contribution is -2.51. The van der Waals surface area contributed by atoms with Gasteiger partial charge in [0.1, 0.15) is 0 Å². The predicted octanol–water partition coefficient (Wildman–Crippen LogP) is 4.06. The lowest BCUT2D eigenvalue weighted by Gasteiger charge is -2.38. The lowest BCUT2D eigenvalue weighted by molar-refractivity contribution is -0.138. The minimum atomic E-state index is 0.207. The Morgan fingerprint density at radius 2 is 1.65 bits per heavy atom. The van der Waals surface area contributed by atoms with Gasteiger partial charge in [0.25, 0.3) is 0 Å². The zero-order valence-corrected chi connectivity index (χ0v) is 18.7. The molecule has 0 spiro atoms. The van der Waals surface area contributed by atoms with Crippen molar-refractivity contribution in [2.45, 2.75) is 26.3 Å². The minimum absolute atomic E-state index is 0.207. The summed E-state index contributed by atoms with van der Waals surface area (Å²) in [4.78, 5) is 20.1. The van der Waals surface area contributed by atoms with Crippen molar-refractivity contribution in [2.75, 3.05) is 45.8 Å². The van der Waals surface area contributed by atoms with Gasteiger partial charge in [-0.3, -0.25) is 14.6 Å². The normalized spacial score (nSPS) is 19.2. The highest BCUT2D eigenvalue weighted by Gasteiger charge is 2.30. The number of nitrogens with zero attached hydrogens (tertiary/aromatic N) is 3. The summed E-state index contributed by atoms with van der Waals surface area (Å²) in [5.74, 6) is 0.591. The van der Waals surface area contributed by atoms with Crippen molar-refractivity contribution in [3.05, 3.63) is 77.4 Å². The number of hydrogen-bond acceptors (Lipinski definition) is 3. The number of piperidine rings is 1. The Balaban J connectivity index is 1.17. The SMILES string of the molecule is Cc1cccc(CN2CCC(C(=O)N3CCN(C/C=C/c4ccccc4)CC3)CC2)c1. The van der Waals surface area contributed by atoms with Gasteiger partial charge in [-0.2, -0.15) is 0 Å². The fourth-order valence-electron chi connectivity index (χ4n) is 4.72. The molecule has 0 aliphatic carbocycles. The summed E-state index contributed by atoms with van der Waals surface area (Å²) in [5.41, 5.74) is 3.93. The van der Waals surface area contributed by atoms with E-state index in [1.165, 1.54) is 16.7 Å². The largest absolute Gasteiger partial charge is 0.340 e. The molecular weight excluding hydrogens is 382 g/mol. The van der Waals surface area contributed by atoms with Crippen LogP contribution in [0.25, 0.3) is 6.08 Å². The van der Waals surface area contributed by atoms with Gasteiger partial charge in [-0.15, -0.1) is 0 Å². The van der Waals surface area contributed by atoms with Crippen molar-refractivity contribution in [2.24, 2.45) is 5.92 Å². The van der Waals surface area contributed by atoms with Crippen LogP contribution in [0.2, 0.25) is 0 Å². The number of hydrogen-bond donors (Lipinski definition) is 0. The molecule has 0 unspecified atom stereocenters. The van der Waals surface area contributed by atoms with Gasteiger partial charge in [0, 0.05) is 45.2 Å². The van der Waals surface area contributed by atoms with Crippen LogP contribution in [0.15, 0.2) is 60.7 Å². The number of aryl methyl sites for hydroxylation is 1. The third-order valence-electron chi connectivity index (χ3n) is 6.58. The van der Waals surface area contributed by atoms with Crippen LogP contribution >= 0.6 is 0 Å². The van der Waals surface area contributed by atoms with Gasteiger partial charge in [0.2, 0.25) is 5.91 Å². The number of rotatable bonds is 6. The third kappa shape index (κ3) is 6.28. The summed E-state index contributed by atoms with van der Waals surface area (Å²) in [6.07, 6.45) is 6.40. The summed E-state index contributed by atoms with van der Waals surface area (Å²) in [6, 6.07) is 19.2. The van der Waals surface area contributed by atoms with Crippen LogP contribution in [0.4, 0.5) is 0 Å². The highest BCUT2D eigenvalue weighted by atomic mass is 16.2. The lowest BCUT2D eigenvalue weighted by atomic mass is 9.94. The minimum Gasteiger partial charge on any atom is -0.340 e. The molecule has 31 heavy (non-hydrogen) atoms. The molecule has 0 bridgehead atoms. The van der Waals surface area contributed by atoms with Crippen molar-refractivity contribution in [1.82, 2.24) is 14.7 Å². The smallest absolute Gasteiger partial charge is 0.225 e. The zero-order chi connectivity index (χ0) is 21.5. The second-order valence-electron chi connectivity index (χ2n) is 8.98. The molecule has 2 aliphatic rings. The number of likely N-dealkylation sites (tertiary alicyclic amines) is 1. The van der Waals surface area contributed by atoms with Crippen LogP contribution in [0.1, 0.15) is 29.5 Å². The van der Waals surface area contributed by atoms with E-state index in [0.717, 1.165) is 65.2 Å². The Labute approximate surface area is 187 Å². The molecule has 2 aromatic rings. The molecule has 4 rings (SSSR count). The van der Waals surface area contributed by atoms with E-state index < -0.39 is 0 Å². The first-order chi connectivity index (χ1) is 15.2. The summed E-state index contributed by atoms with van der Waals surface area (Å²) >= 11 is 0. The summed E-state index contributed by atoms with van der Waals surface area (Å²) in [7, 11) is 0. The summed E-state index contributed by atoms with van der Waals surface area (Å²) in [6.45, 7) is 9.81. The molecule has 2 aliphatic heterocycles. The van der Waals surface area contributed by atoms with E-state index in [9.17, 15) is 4.79 Å². The van der Waals surface area contributed by atoms with Gasteiger partial charge in [-0.1, -0.05) is 72.3 Å². The molecule has 4 heteroatoms. The van der Waals surface area contributed by atoms with Crippen molar-refractivity contribution in [3.63, 3.8) is 0 Å². The molecule has 0 N–H and O–H groups in total. The quantitative estimate of drug-likeness (QED) is 0.709. The van der Waals surface area contributed by atoms with Crippen molar-refractivity contribution < 1.29 is 4.79 Å². The van der Waals surface area contributed by atoms with E-state index in [2.05, 4.69) is 82.3 Å². The van der Waals surface area contributed by atoms with E-state index in [1.54, 1.807) is 0 Å². The van der Waals surface area contributed by atoms with E-state index in [1.807, 2.05) is 6.07 Å². The van der Waals surface area contributed by atoms with E-state index >= 15 is 0 Å². The van der Waals surface area contributed by atoms with Crippen molar-refractivity contribution >= 4 is 12.0 Å². The first-order valence-electron chi connectivity index (χ1n) is 11.7. The number of piperazine rings is 1. The van der Waals surface area contributed by atoms with Gasteiger partial charge in [-0.25, -0.2) is 0 Å². The second kappa shape index (κ2) is 10.7. The van der Waals surface area contributed by atoms with Gasteiger partial charge in [0.15, 0.2) is 0 Å². The molecule has 0 radical (unpaired) electrons. The van der Waals surface area contributed by atoms with E-state index in [4.69, 9.17) is 0 Å². The highest BCUT2D eigenvalue weighted by molar-refractivity contribution is 5.79. The first kappa shape index (κ1) is 21.8. The molecule has 0 saturated carbocycles.